The van der Waals surface area contributed by atoms with Crippen molar-refractivity contribution in [3.05, 3.63) is 71.8 Å². The van der Waals surface area contributed by atoms with E-state index in [-0.39, 0.29) is 5.41 Å². The van der Waals surface area contributed by atoms with E-state index in [1.54, 1.807) is 11.1 Å². The van der Waals surface area contributed by atoms with Gasteiger partial charge in [-0.2, -0.15) is 0 Å². The summed E-state index contributed by atoms with van der Waals surface area (Å²) >= 11 is 0. The van der Waals surface area contributed by atoms with Gasteiger partial charge in [0.2, 0.25) is 0 Å². The molecular formula is C28H42P+. The predicted octanol–water partition coefficient (Wildman–Crippen LogP) is 8.55. The molecule has 1 aliphatic carbocycles. The number of unbranched alkanes of at least 4 members (excludes halogenated alkanes) is 3. The summed E-state index contributed by atoms with van der Waals surface area (Å²) in [5, 5.41) is 0.447. The predicted molar refractivity (Wildman–Crippen MR) is 133 cm³/mol. The van der Waals surface area contributed by atoms with Crippen LogP contribution in [0.2, 0.25) is 0 Å². The Morgan fingerprint density at radius 1 is 0.655 bits per heavy atom. The Kier molecular flexibility index (Phi) is 7.61. The van der Waals surface area contributed by atoms with Crippen molar-refractivity contribution in [2.75, 3.05) is 18.5 Å². The summed E-state index contributed by atoms with van der Waals surface area (Å²) in [5.74, 6) is 0. The van der Waals surface area contributed by atoms with Crippen LogP contribution in [0, 0.1) is 0 Å². The summed E-state index contributed by atoms with van der Waals surface area (Å²) in [6.07, 6.45) is 14.1. The second-order valence-corrected chi connectivity index (χ2v) is 14.1. The van der Waals surface area contributed by atoms with Crippen molar-refractivity contribution in [1.82, 2.24) is 0 Å². The summed E-state index contributed by atoms with van der Waals surface area (Å²) in [6, 6.07) is 23.0. The van der Waals surface area contributed by atoms with E-state index in [0.29, 0.717) is 5.16 Å². The molecule has 0 saturated heterocycles. The maximum atomic E-state index is 2.70. The van der Waals surface area contributed by atoms with Gasteiger partial charge in [-0.1, -0.05) is 101 Å². The summed E-state index contributed by atoms with van der Waals surface area (Å²) in [7, 11) is -1.07. The van der Waals surface area contributed by atoms with Crippen LogP contribution in [0.4, 0.5) is 0 Å². The van der Waals surface area contributed by atoms with E-state index in [1.807, 2.05) is 0 Å². The second kappa shape index (κ2) is 9.78. The largest absolute Gasteiger partial charge is 0.0922 e. The third-order valence-electron chi connectivity index (χ3n) is 7.80. The number of hydrogen-bond donors (Lipinski definition) is 0. The quantitative estimate of drug-likeness (QED) is 0.308. The molecule has 2 aromatic carbocycles. The maximum absolute atomic E-state index is 2.70. The lowest BCUT2D eigenvalue weighted by molar-refractivity contribution is 0.739. The van der Waals surface area contributed by atoms with Gasteiger partial charge in [-0.3, -0.25) is 0 Å². The van der Waals surface area contributed by atoms with Crippen molar-refractivity contribution in [3.63, 3.8) is 0 Å². The molecule has 0 aliphatic heterocycles. The first-order valence-electron chi connectivity index (χ1n) is 12.1. The minimum absolute atomic E-state index is 0.221. The van der Waals surface area contributed by atoms with E-state index >= 15 is 0 Å². The fourth-order valence-corrected chi connectivity index (χ4v) is 12.5. The van der Waals surface area contributed by atoms with Crippen molar-refractivity contribution in [2.45, 2.75) is 83.2 Å². The zero-order valence-corrected chi connectivity index (χ0v) is 20.2. The van der Waals surface area contributed by atoms with Crippen LogP contribution >= 0.6 is 7.26 Å². The first-order valence-corrected chi connectivity index (χ1v) is 14.4. The van der Waals surface area contributed by atoms with Gasteiger partial charge < -0.3 is 0 Å². The summed E-state index contributed by atoms with van der Waals surface area (Å²) in [5.41, 5.74) is 3.34. The summed E-state index contributed by atoms with van der Waals surface area (Å²) in [6.45, 7) is 9.84. The van der Waals surface area contributed by atoms with Gasteiger partial charge in [0, 0.05) is 13.7 Å². The van der Waals surface area contributed by atoms with Crippen LogP contribution in [0.15, 0.2) is 60.7 Å². The van der Waals surface area contributed by atoms with Gasteiger partial charge in [-0.15, -0.1) is 0 Å². The highest BCUT2D eigenvalue weighted by molar-refractivity contribution is 7.77. The van der Waals surface area contributed by atoms with Crippen LogP contribution in [0.5, 0.6) is 0 Å². The van der Waals surface area contributed by atoms with Gasteiger partial charge >= 0.3 is 0 Å². The molecule has 158 valence electrons. The molecular weight excluding hydrogens is 367 g/mol. The lowest BCUT2D eigenvalue weighted by atomic mass is 9.86. The second-order valence-electron chi connectivity index (χ2n) is 9.46. The van der Waals surface area contributed by atoms with Gasteiger partial charge in [0.25, 0.3) is 0 Å². The molecule has 0 bridgehead atoms. The molecule has 0 spiro atoms. The minimum Gasteiger partial charge on any atom is -0.0652 e. The fourth-order valence-electron chi connectivity index (χ4n) is 5.94. The van der Waals surface area contributed by atoms with Crippen LogP contribution in [0.3, 0.4) is 0 Å². The van der Waals surface area contributed by atoms with Gasteiger partial charge in [0.05, 0.1) is 29.1 Å². The molecule has 1 saturated carbocycles. The van der Waals surface area contributed by atoms with Gasteiger partial charge in [-0.25, -0.2) is 0 Å². The molecule has 0 amide bonds. The highest BCUT2D eigenvalue weighted by Gasteiger charge is 2.78. The van der Waals surface area contributed by atoms with Crippen LogP contribution in [0.25, 0.3) is 0 Å². The molecule has 1 atom stereocenters. The van der Waals surface area contributed by atoms with E-state index < -0.39 is 7.26 Å². The molecule has 0 heterocycles. The van der Waals surface area contributed by atoms with Gasteiger partial charge in [0.1, 0.15) is 0 Å². The lowest BCUT2D eigenvalue weighted by Gasteiger charge is -2.38. The molecule has 1 aliphatic rings. The fraction of sp³-hybridized carbons (Fsp3) is 0.571. The van der Waals surface area contributed by atoms with Crippen LogP contribution in [0.1, 0.15) is 83.8 Å². The third-order valence-corrected chi connectivity index (χ3v) is 14.0. The number of rotatable bonds is 12. The number of hydrogen-bond acceptors (Lipinski definition) is 0. The van der Waals surface area contributed by atoms with Gasteiger partial charge in [0.15, 0.2) is 0 Å². The van der Waals surface area contributed by atoms with E-state index in [2.05, 4.69) is 88.4 Å². The zero-order chi connectivity index (χ0) is 20.8. The smallest absolute Gasteiger partial charge is 0.0652 e. The van der Waals surface area contributed by atoms with Crippen molar-refractivity contribution in [1.29, 1.82) is 0 Å². The highest BCUT2D eigenvalue weighted by atomic mass is 31.2. The highest BCUT2D eigenvalue weighted by Crippen LogP contribution is 2.86. The Morgan fingerprint density at radius 2 is 1.03 bits per heavy atom. The average molecular weight is 410 g/mol. The normalized spacial score (nSPS) is 20.6. The Morgan fingerprint density at radius 3 is 1.38 bits per heavy atom. The molecule has 0 N–H and O–H groups in total. The van der Waals surface area contributed by atoms with Crippen molar-refractivity contribution in [3.8, 4) is 0 Å². The monoisotopic (exact) mass is 409 g/mol. The van der Waals surface area contributed by atoms with E-state index in [0.717, 1.165) is 0 Å². The standard InChI is InChI=1S/C28H42P/c1-5-8-21-29(22-9-6-2,23-10-7-3)27(4)24-28(27,25-17-13-11-14-18-25)26-19-15-12-16-20-26/h11-20H,5-10,21-24H2,1-4H3/q+1. The number of benzene rings is 2. The van der Waals surface area contributed by atoms with Crippen molar-refractivity contribution >= 4 is 7.26 Å². The van der Waals surface area contributed by atoms with Crippen molar-refractivity contribution in [2.24, 2.45) is 0 Å². The van der Waals surface area contributed by atoms with Crippen molar-refractivity contribution < 1.29 is 0 Å². The zero-order valence-electron chi connectivity index (χ0n) is 19.3. The Hall–Kier alpha value is -1.13. The van der Waals surface area contributed by atoms with Crippen LogP contribution in [-0.4, -0.2) is 23.6 Å². The first-order chi connectivity index (χ1) is 14.1. The van der Waals surface area contributed by atoms with E-state index in [1.165, 1.54) is 63.4 Å². The summed E-state index contributed by atoms with van der Waals surface area (Å²) < 4.78 is 0. The van der Waals surface area contributed by atoms with Gasteiger partial charge in [-0.05, 0) is 37.3 Å². The Labute approximate surface area is 180 Å². The van der Waals surface area contributed by atoms with E-state index in [4.69, 9.17) is 0 Å². The third kappa shape index (κ3) is 4.07. The first kappa shape index (κ1) is 22.6. The lowest BCUT2D eigenvalue weighted by Crippen LogP contribution is -2.30. The molecule has 1 heteroatoms. The van der Waals surface area contributed by atoms with Crippen LogP contribution in [-0.2, 0) is 5.41 Å². The molecule has 0 aromatic heterocycles. The molecule has 2 aromatic rings. The maximum Gasteiger partial charge on any atom is 0.0922 e. The Balaban J connectivity index is 2.12. The average Bonchev–Trinajstić information content (AvgIpc) is 3.43. The molecule has 0 nitrogen and oxygen atoms in total. The topological polar surface area (TPSA) is 0 Å². The SMILES string of the molecule is CCCC[P+](CCCC)(CCCC)C1(C)CC1(c1ccccc1)c1ccccc1. The molecule has 1 unspecified atom stereocenters. The molecule has 1 fully saturated rings. The van der Waals surface area contributed by atoms with E-state index in [9.17, 15) is 0 Å². The summed E-state index contributed by atoms with van der Waals surface area (Å²) in [4.78, 5) is 0. The molecule has 29 heavy (non-hydrogen) atoms. The Bertz CT molecular complexity index is 674. The van der Waals surface area contributed by atoms with Crippen LogP contribution < -0.4 is 0 Å². The minimum atomic E-state index is -1.07. The molecule has 0 radical (unpaired) electrons. The molecule has 3 rings (SSSR count).